The number of unbranched alkanes of at least 4 members (excludes halogenated alkanes) is 1. The molecule has 0 amide bonds. The summed E-state index contributed by atoms with van der Waals surface area (Å²) in [7, 11) is -4.47. The Morgan fingerprint density at radius 1 is 1.11 bits per heavy atom. The van der Waals surface area contributed by atoms with Crippen LogP contribution in [-0.2, 0) is 24.3 Å². The molecule has 17 heteroatoms. The van der Waals surface area contributed by atoms with Crippen molar-refractivity contribution in [2.24, 2.45) is 0 Å². The highest BCUT2D eigenvalue weighted by Gasteiger charge is 2.42. The van der Waals surface area contributed by atoms with E-state index in [0.717, 1.165) is 37.8 Å². The van der Waals surface area contributed by atoms with Crippen molar-refractivity contribution in [3.05, 3.63) is 37.5 Å². The van der Waals surface area contributed by atoms with Crippen molar-refractivity contribution in [2.75, 3.05) is 44.2 Å². The molecule has 210 valence electrons. The van der Waals surface area contributed by atoms with E-state index >= 15 is 0 Å². The maximum absolute atomic E-state index is 12.8. The molecule has 0 radical (unpaired) electrons. The molecule has 0 atom stereocenters. The summed E-state index contributed by atoms with van der Waals surface area (Å²) in [6.45, 7) is 3.58. The van der Waals surface area contributed by atoms with Crippen LogP contribution < -0.4 is 9.46 Å². The minimum atomic E-state index is -5.38. The van der Waals surface area contributed by atoms with E-state index in [1.807, 2.05) is 0 Å². The molecule has 1 aliphatic heterocycles. The van der Waals surface area contributed by atoms with Crippen LogP contribution in [0.4, 0.5) is 18.9 Å². The summed E-state index contributed by atoms with van der Waals surface area (Å²) in [4.78, 5) is 25.7. The summed E-state index contributed by atoms with van der Waals surface area (Å²) in [5.41, 5.74) is -0.875. The van der Waals surface area contributed by atoms with Crippen LogP contribution in [-0.4, -0.2) is 70.9 Å². The zero-order chi connectivity index (χ0) is 28.1. The Kier molecular flexibility index (Phi) is 10.5. The molecule has 1 aliphatic rings. The van der Waals surface area contributed by atoms with Gasteiger partial charge in [0.2, 0.25) is 0 Å². The van der Waals surface area contributed by atoms with Crippen molar-refractivity contribution in [1.82, 2.24) is 4.90 Å². The Bertz CT molecular complexity index is 1280. The van der Waals surface area contributed by atoms with Gasteiger partial charge in [-0.1, -0.05) is 34.8 Å². The maximum Gasteiger partial charge on any atom is 0.491 e. The van der Waals surface area contributed by atoms with Crippen LogP contribution >= 0.6 is 46.1 Å². The van der Waals surface area contributed by atoms with E-state index in [9.17, 15) is 31.2 Å². The zero-order valence-corrected chi connectivity index (χ0v) is 23.2. The van der Waals surface area contributed by atoms with Gasteiger partial charge in [-0.2, -0.15) is 13.2 Å². The predicted octanol–water partition coefficient (Wildman–Crippen LogP) is 5.25. The van der Waals surface area contributed by atoms with Gasteiger partial charge < -0.3 is 14.2 Å². The Labute approximate surface area is 234 Å². The lowest BCUT2D eigenvalue weighted by molar-refractivity contribution is -0.189. The molecule has 0 saturated carbocycles. The number of hydrogen-bond donors (Lipinski definition) is 1. The molecular formula is C21H20Cl3F3N2O7S2. The number of rotatable bonds is 10. The van der Waals surface area contributed by atoms with Gasteiger partial charge in [-0.3, -0.25) is 9.62 Å². The number of carbonyl (C=O) groups excluding carboxylic acids is 2. The van der Waals surface area contributed by atoms with E-state index in [2.05, 4.69) is 14.4 Å². The Morgan fingerprint density at radius 3 is 2.39 bits per heavy atom. The fourth-order valence-corrected chi connectivity index (χ4v) is 7.18. The molecule has 1 aromatic heterocycles. The van der Waals surface area contributed by atoms with Gasteiger partial charge in [-0.15, -0.1) is 11.3 Å². The van der Waals surface area contributed by atoms with Crippen LogP contribution in [0.25, 0.3) is 0 Å². The average molecular weight is 640 g/mol. The van der Waals surface area contributed by atoms with Gasteiger partial charge in [-0.05, 0) is 31.5 Å². The molecule has 0 spiro atoms. The fourth-order valence-electron chi connectivity index (χ4n) is 3.28. The summed E-state index contributed by atoms with van der Waals surface area (Å²) in [6, 6.07) is 2.75. The van der Waals surface area contributed by atoms with Crippen molar-refractivity contribution >= 4 is 73.8 Å². The number of anilines is 1. The number of ether oxygens (including phenoxy) is 3. The molecule has 9 nitrogen and oxygen atoms in total. The van der Waals surface area contributed by atoms with Gasteiger partial charge in [0.05, 0.1) is 30.5 Å². The topological polar surface area (TPSA) is 111 Å². The average Bonchev–Trinajstić information content (AvgIpc) is 3.10. The van der Waals surface area contributed by atoms with Crippen LogP contribution in [0.5, 0.6) is 5.75 Å². The summed E-state index contributed by atoms with van der Waals surface area (Å²) in [5, 5.41) is -0.355. The first-order chi connectivity index (χ1) is 17.8. The van der Waals surface area contributed by atoms with Gasteiger partial charge in [0, 0.05) is 19.2 Å². The third-order valence-corrected chi connectivity index (χ3v) is 9.09. The molecule has 0 bridgehead atoms. The lowest BCUT2D eigenvalue weighted by Gasteiger charge is -2.26. The number of sulfonamides is 1. The van der Waals surface area contributed by atoms with Gasteiger partial charge >= 0.3 is 18.1 Å². The first-order valence-corrected chi connectivity index (χ1v) is 14.3. The minimum absolute atomic E-state index is 0.0415. The minimum Gasteiger partial charge on any atom is -0.462 e. The molecule has 1 fully saturated rings. The lowest BCUT2D eigenvalue weighted by atomic mass is 10.2. The summed E-state index contributed by atoms with van der Waals surface area (Å²) < 4.78 is 80.5. The van der Waals surface area contributed by atoms with E-state index in [1.165, 1.54) is 0 Å². The second kappa shape index (κ2) is 13.0. The first kappa shape index (κ1) is 30.7. The molecule has 0 aliphatic carbocycles. The number of esters is 2. The van der Waals surface area contributed by atoms with Crippen LogP contribution in [0.3, 0.4) is 0 Å². The van der Waals surface area contributed by atoms with Crippen molar-refractivity contribution in [3.63, 3.8) is 0 Å². The van der Waals surface area contributed by atoms with Crippen LogP contribution in [0.1, 0.15) is 23.2 Å². The van der Waals surface area contributed by atoms with Gasteiger partial charge in [0.1, 0.15) is 24.9 Å². The van der Waals surface area contributed by atoms with Crippen LogP contribution in [0.2, 0.25) is 13.7 Å². The van der Waals surface area contributed by atoms with E-state index in [-0.39, 0.29) is 26.0 Å². The van der Waals surface area contributed by atoms with Gasteiger partial charge in [-0.25, -0.2) is 18.0 Å². The Hall–Kier alpha value is -1.81. The van der Waals surface area contributed by atoms with Crippen molar-refractivity contribution in [1.29, 1.82) is 0 Å². The van der Waals surface area contributed by atoms with E-state index in [1.54, 1.807) is 0 Å². The molecule has 3 rings (SSSR count). The normalized spacial score (nSPS) is 14.8. The van der Waals surface area contributed by atoms with Gasteiger partial charge in [0.15, 0.2) is 0 Å². The van der Waals surface area contributed by atoms with Crippen molar-refractivity contribution < 1.29 is 45.4 Å². The Balaban J connectivity index is 1.74. The summed E-state index contributed by atoms with van der Waals surface area (Å²) in [6.07, 6.45) is -4.21. The number of morpholine rings is 1. The molecule has 1 saturated heterocycles. The largest absolute Gasteiger partial charge is 0.491 e. The molecule has 0 unspecified atom stereocenters. The van der Waals surface area contributed by atoms with E-state index in [4.69, 9.17) is 44.3 Å². The highest BCUT2D eigenvalue weighted by Crippen LogP contribution is 2.43. The Morgan fingerprint density at radius 2 is 1.79 bits per heavy atom. The number of nitrogens with zero attached hydrogens (tertiary/aromatic N) is 1. The maximum atomic E-state index is 12.8. The van der Waals surface area contributed by atoms with E-state index < -0.39 is 44.3 Å². The predicted molar refractivity (Wildman–Crippen MR) is 135 cm³/mol. The lowest BCUT2D eigenvalue weighted by Crippen LogP contribution is -2.36. The zero-order valence-electron chi connectivity index (χ0n) is 19.3. The number of alkyl halides is 3. The van der Waals surface area contributed by atoms with Crippen LogP contribution in [0.15, 0.2) is 23.1 Å². The second-order valence-electron chi connectivity index (χ2n) is 7.79. The number of halogens is 6. The highest BCUT2D eigenvalue weighted by molar-refractivity contribution is 7.93. The molecule has 1 aromatic carbocycles. The third-order valence-electron chi connectivity index (χ3n) is 5.09. The molecule has 2 aromatic rings. The third kappa shape index (κ3) is 8.10. The van der Waals surface area contributed by atoms with Gasteiger partial charge in [0.25, 0.3) is 10.0 Å². The molecular weight excluding hydrogens is 620 g/mol. The van der Waals surface area contributed by atoms with Crippen LogP contribution in [0, 0.1) is 0 Å². The summed E-state index contributed by atoms with van der Waals surface area (Å²) in [5.74, 6) is -4.55. The number of thiophene rings is 1. The van der Waals surface area contributed by atoms with Crippen molar-refractivity contribution in [2.45, 2.75) is 23.9 Å². The van der Waals surface area contributed by atoms with E-state index in [0.29, 0.717) is 37.4 Å². The monoisotopic (exact) mass is 638 g/mol. The quantitative estimate of drug-likeness (QED) is 0.213. The number of carbonyl (C=O) groups is 2. The molecule has 38 heavy (non-hydrogen) atoms. The number of benzene rings is 1. The first-order valence-electron chi connectivity index (χ1n) is 10.9. The molecule has 2 heterocycles. The SMILES string of the molecule is O=C(OCCCCN1CCOCC1)c1ccc(NS(=O)(=O)c2c(Cl)sc(Cl)c2Cl)cc1OC(=O)C(F)(F)F. The number of hydrogen-bond acceptors (Lipinski definition) is 9. The number of nitrogens with one attached hydrogen (secondary N) is 1. The molecule has 1 N–H and O–H groups in total. The second-order valence-corrected chi connectivity index (χ2v) is 12.0. The van der Waals surface area contributed by atoms with Crippen molar-refractivity contribution in [3.8, 4) is 5.75 Å². The fraction of sp³-hybridized carbons (Fsp3) is 0.429. The summed E-state index contributed by atoms with van der Waals surface area (Å²) >= 11 is 18.3. The smallest absolute Gasteiger partial charge is 0.462 e. The standard InChI is InChI=1S/C21H20Cl3F3N2O7S2/c22-15-16(18(24)37-17(15)23)38(32,33)28-12-3-4-13(14(11-12)36-20(31)21(25,26)27)19(30)35-8-2-1-5-29-6-9-34-10-7-29/h3-4,11,28H,1-2,5-10H2. The highest BCUT2D eigenvalue weighted by atomic mass is 35.5.